The largest absolute Gasteiger partial charge is 0.398 e. The van der Waals surface area contributed by atoms with Crippen molar-refractivity contribution in [3.05, 3.63) is 29.8 Å². The van der Waals surface area contributed by atoms with E-state index in [4.69, 9.17) is 5.73 Å². The third kappa shape index (κ3) is 2.65. The molecule has 0 saturated carbocycles. The fraction of sp³-hybridized carbons (Fsp3) is 0.143. The number of nitrogens with two attached hydrogens (primary N) is 1. The average Bonchev–Trinajstić information content (AvgIpc) is 1.93. The summed E-state index contributed by atoms with van der Waals surface area (Å²) >= 11 is 8.00. The number of hydrogen-bond donors (Lipinski definition) is 3. The Labute approximate surface area is 77.5 Å². The molecule has 4 heteroatoms. The van der Waals surface area contributed by atoms with E-state index in [1.54, 1.807) is 0 Å². The van der Waals surface area contributed by atoms with Gasteiger partial charge in [-0.2, -0.15) is 3.71 Å². The van der Waals surface area contributed by atoms with Gasteiger partial charge in [-0.3, -0.25) is 0 Å². The maximum atomic E-state index is 5.67. The average molecular weight is 186 g/mol. The Morgan fingerprint density at radius 1 is 1.27 bits per heavy atom. The first kappa shape index (κ1) is 8.77. The molecule has 0 amide bonds. The summed E-state index contributed by atoms with van der Waals surface area (Å²) < 4.78 is 1.49. The molecule has 0 unspecified atom stereocenters. The lowest BCUT2D eigenvalue weighted by Gasteiger charge is -2.08. The van der Waals surface area contributed by atoms with Crippen molar-refractivity contribution in [1.29, 1.82) is 0 Å². The molecule has 1 rings (SSSR count). The van der Waals surface area contributed by atoms with Crippen LogP contribution in [-0.2, 0) is 6.54 Å². The number of nitrogens with zero attached hydrogens (tertiary/aromatic N) is 1. The standard InChI is InChI=1S/C7H10N2S2/c8-7-4-2-1-3-6(7)5-9(10)11/h1-4,10-11H,5,8H2. The van der Waals surface area contributed by atoms with Gasteiger partial charge >= 0.3 is 0 Å². The van der Waals surface area contributed by atoms with Crippen LogP contribution in [0.4, 0.5) is 5.69 Å². The second kappa shape index (κ2) is 3.90. The zero-order valence-electron chi connectivity index (χ0n) is 5.94. The Morgan fingerprint density at radius 3 is 2.45 bits per heavy atom. The van der Waals surface area contributed by atoms with E-state index in [0.717, 1.165) is 11.3 Å². The summed E-state index contributed by atoms with van der Waals surface area (Å²) in [5.74, 6) is 0. The van der Waals surface area contributed by atoms with Gasteiger partial charge in [0.05, 0.1) is 0 Å². The molecular weight excluding hydrogens is 176 g/mol. The minimum absolute atomic E-state index is 0.638. The normalized spacial score (nSPS) is 10.5. The van der Waals surface area contributed by atoms with Crippen LogP contribution in [0.3, 0.4) is 0 Å². The number of nitrogen functional groups attached to an aromatic ring is 1. The predicted octanol–water partition coefficient (Wildman–Crippen LogP) is 1.76. The first-order valence-electron chi connectivity index (χ1n) is 3.19. The van der Waals surface area contributed by atoms with E-state index in [-0.39, 0.29) is 0 Å². The molecule has 0 radical (unpaired) electrons. The first-order chi connectivity index (χ1) is 5.20. The second-order valence-corrected chi connectivity index (χ2v) is 3.51. The van der Waals surface area contributed by atoms with Crippen molar-refractivity contribution in [2.45, 2.75) is 6.54 Å². The molecule has 1 aromatic rings. The predicted molar refractivity (Wildman–Crippen MR) is 54.4 cm³/mol. The van der Waals surface area contributed by atoms with E-state index in [1.165, 1.54) is 3.71 Å². The van der Waals surface area contributed by atoms with Crippen LogP contribution in [0.25, 0.3) is 0 Å². The highest BCUT2D eigenvalue weighted by Gasteiger charge is 1.98. The van der Waals surface area contributed by atoms with Gasteiger partial charge in [0, 0.05) is 12.2 Å². The minimum Gasteiger partial charge on any atom is -0.398 e. The number of anilines is 1. The van der Waals surface area contributed by atoms with E-state index in [0.29, 0.717) is 6.54 Å². The molecule has 2 N–H and O–H groups in total. The Kier molecular flexibility index (Phi) is 3.11. The molecular formula is C7H10N2S2. The zero-order chi connectivity index (χ0) is 8.27. The molecule has 0 aliphatic carbocycles. The van der Waals surface area contributed by atoms with Crippen molar-refractivity contribution in [2.75, 3.05) is 5.73 Å². The van der Waals surface area contributed by atoms with Crippen LogP contribution in [0.15, 0.2) is 24.3 Å². The van der Waals surface area contributed by atoms with Crippen LogP contribution in [0, 0.1) is 0 Å². The van der Waals surface area contributed by atoms with Gasteiger partial charge in [0.2, 0.25) is 0 Å². The fourth-order valence-electron chi connectivity index (χ4n) is 0.831. The van der Waals surface area contributed by atoms with E-state index >= 15 is 0 Å². The summed E-state index contributed by atoms with van der Waals surface area (Å²) in [5, 5.41) is 0. The summed E-state index contributed by atoms with van der Waals surface area (Å²) in [4.78, 5) is 0. The molecule has 0 aliphatic rings. The monoisotopic (exact) mass is 186 g/mol. The molecule has 11 heavy (non-hydrogen) atoms. The van der Waals surface area contributed by atoms with E-state index in [1.807, 2.05) is 24.3 Å². The quantitative estimate of drug-likeness (QED) is 0.485. The van der Waals surface area contributed by atoms with Crippen LogP contribution in [0.1, 0.15) is 5.56 Å². The van der Waals surface area contributed by atoms with Crippen LogP contribution in [0.5, 0.6) is 0 Å². The van der Waals surface area contributed by atoms with Crippen molar-refractivity contribution in [2.24, 2.45) is 0 Å². The summed E-state index contributed by atoms with van der Waals surface area (Å²) in [5.41, 5.74) is 7.49. The Hall–Kier alpha value is -0.320. The maximum Gasteiger partial charge on any atom is 0.0468 e. The molecule has 0 saturated heterocycles. The molecule has 0 heterocycles. The summed E-state index contributed by atoms with van der Waals surface area (Å²) in [6.45, 7) is 0.638. The van der Waals surface area contributed by atoms with Gasteiger partial charge in [-0.05, 0) is 11.6 Å². The van der Waals surface area contributed by atoms with Crippen molar-refractivity contribution in [1.82, 2.24) is 3.71 Å². The van der Waals surface area contributed by atoms with Crippen molar-refractivity contribution >= 4 is 31.3 Å². The number of thiol groups is 2. The topological polar surface area (TPSA) is 29.3 Å². The molecule has 60 valence electrons. The Morgan fingerprint density at radius 2 is 1.91 bits per heavy atom. The number of para-hydroxylation sites is 1. The molecule has 1 aromatic carbocycles. The van der Waals surface area contributed by atoms with Crippen molar-refractivity contribution in [3.63, 3.8) is 0 Å². The lowest BCUT2D eigenvalue weighted by molar-refractivity contribution is 0.760. The number of rotatable bonds is 2. The summed E-state index contributed by atoms with van der Waals surface area (Å²) in [6, 6.07) is 7.66. The highest BCUT2D eigenvalue weighted by Crippen LogP contribution is 2.14. The lowest BCUT2D eigenvalue weighted by Crippen LogP contribution is -2.01. The van der Waals surface area contributed by atoms with Gasteiger partial charge in [-0.15, -0.1) is 0 Å². The molecule has 0 spiro atoms. The molecule has 2 nitrogen and oxygen atoms in total. The summed E-state index contributed by atoms with van der Waals surface area (Å²) in [6.07, 6.45) is 0. The smallest absolute Gasteiger partial charge is 0.0468 e. The highest BCUT2D eigenvalue weighted by atomic mass is 32.2. The molecule has 0 bridgehead atoms. The van der Waals surface area contributed by atoms with Crippen LogP contribution < -0.4 is 5.73 Å². The van der Waals surface area contributed by atoms with Crippen molar-refractivity contribution in [3.8, 4) is 0 Å². The van der Waals surface area contributed by atoms with Crippen LogP contribution in [-0.4, -0.2) is 3.71 Å². The Bertz CT molecular complexity index is 238. The third-order valence-electron chi connectivity index (χ3n) is 1.37. The number of hydrogen-bond acceptors (Lipinski definition) is 4. The highest BCUT2D eigenvalue weighted by molar-refractivity contribution is 7.93. The zero-order valence-corrected chi connectivity index (χ0v) is 7.72. The third-order valence-corrected chi connectivity index (χ3v) is 1.65. The van der Waals surface area contributed by atoms with Gasteiger partial charge in [0.1, 0.15) is 0 Å². The van der Waals surface area contributed by atoms with Crippen molar-refractivity contribution < 1.29 is 0 Å². The fourth-order valence-corrected chi connectivity index (χ4v) is 1.14. The lowest BCUT2D eigenvalue weighted by atomic mass is 10.2. The van der Waals surface area contributed by atoms with Crippen LogP contribution in [0.2, 0.25) is 0 Å². The maximum absolute atomic E-state index is 5.67. The van der Waals surface area contributed by atoms with Gasteiger partial charge in [0.25, 0.3) is 0 Å². The molecule has 0 atom stereocenters. The van der Waals surface area contributed by atoms with E-state index in [9.17, 15) is 0 Å². The number of benzene rings is 1. The van der Waals surface area contributed by atoms with E-state index in [2.05, 4.69) is 25.6 Å². The Balaban J connectivity index is 2.78. The first-order valence-corrected chi connectivity index (χ1v) is 3.99. The van der Waals surface area contributed by atoms with Gasteiger partial charge in [0.15, 0.2) is 0 Å². The molecule has 0 aliphatic heterocycles. The SMILES string of the molecule is Nc1ccccc1CN(S)S. The minimum atomic E-state index is 0.638. The van der Waals surface area contributed by atoms with Crippen LogP contribution >= 0.6 is 25.6 Å². The summed E-state index contributed by atoms with van der Waals surface area (Å²) in [7, 11) is 0. The van der Waals surface area contributed by atoms with Gasteiger partial charge in [-0.25, -0.2) is 0 Å². The van der Waals surface area contributed by atoms with E-state index < -0.39 is 0 Å². The van der Waals surface area contributed by atoms with Gasteiger partial charge < -0.3 is 5.73 Å². The molecule has 0 aromatic heterocycles. The second-order valence-electron chi connectivity index (χ2n) is 2.23. The van der Waals surface area contributed by atoms with Gasteiger partial charge in [-0.1, -0.05) is 43.8 Å². The molecule has 0 fully saturated rings.